The molecular formula is C24H31NO4. The van der Waals surface area contributed by atoms with Crippen LogP contribution in [0.15, 0.2) is 24.3 Å². The van der Waals surface area contributed by atoms with Gasteiger partial charge in [0, 0.05) is 22.9 Å². The molecule has 2 aliphatic heterocycles. The second-order valence-electron chi connectivity index (χ2n) is 10.3. The molecule has 2 N–H and O–H groups in total. The number of piperidine rings is 1. The van der Waals surface area contributed by atoms with Gasteiger partial charge in [0.15, 0.2) is 11.5 Å². The lowest BCUT2D eigenvalue weighted by atomic mass is 9.36. The van der Waals surface area contributed by atoms with Gasteiger partial charge in [0.1, 0.15) is 11.7 Å². The fourth-order valence-electron chi connectivity index (χ4n) is 7.87. The average molecular weight is 398 g/mol. The number of nitrogens with zero attached hydrogens (tertiary/aromatic N) is 1. The van der Waals surface area contributed by atoms with Gasteiger partial charge in [0.05, 0.1) is 18.1 Å². The predicted octanol–water partition coefficient (Wildman–Crippen LogP) is 2.42. The van der Waals surface area contributed by atoms with Gasteiger partial charge in [0.25, 0.3) is 0 Å². The Morgan fingerprint density at radius 3 is 2.86 bits per heavy atom. The smallest absolute Gasteiger partial charge is 0.166 e. The Balaban J connectivity index is 1.68. The average Bonchev–Trinajstić information content (AvgIpc) is 3.08. The second-order valence-corrected chi connectivity index (χ2v) is 10.3. The molecule has 0 amide bonds. The van der Waals surface area contributed by atoms with E-state index >= 15 is 0 Å². The number of rotatable bonds is 3. The van der Waals surface area contributed by atoms with Crippen molar-refractivity contribution in [2.75, 3.05) is 20.7 Å². The van der Waals surface area contributed by atoms with Crippen molar-refractivity contribution < 1.29 is 19.7 Å². The van der Waals surface area contributed by atoms with Gasteiger partial charge in [-0.1, -0.05) is 25.1 Å². The number of methoxy groups -OCH3 is 1. The minimum absolute atomic E-state index is 0.149. The van der Waals surface area contributed by atoms with Crippen LogP contribution in [-0.4, -0.2) is 59.2 Å². The Hall–Kier alpha value is -1.56. The van der Waals surface area contributed by atoms with Crippen molar-refractivity contribution in [2.45, 2.75) is 68.3 Å². The van der Waals surface area contributed by atoms with Crippen LogP contribution in [0.25, 0.3) is 0 Å². The van der Waals surface area contributed by atoms with E-state index in [4.69, 9.17) is 9.47 Å². The molecule has 7 rings (SSSR count). The van der Waals surface area contributed by atoms with Crippen molar-refractivity contribution in [3.05, 3.63) is 35.4 Å². The van der Waals surface area contributed by atoms with Gasteiger partial charge in [-0.2, -0.15) is 0 Å². The summed E-state index contributed by atoms with van der Waals surface area (Å²) in [7, 11) is 3.91. The number of likely N-dealkylation sites (tertiary alicyclic amines) is 1. The normalized spacial score (nSPS) is 45.5. The van der Waals surface area contributed by atoms with Gasteiger partial charge in [-0.3, -0.25) is 0 Å². The Morgan fingerprint density at radius 1 is 1.34 bits per heavy atom. The first-order chi connectivity index (χ1) is 13.7. The van der Waals surface area contributed by atoms with E-state index in [1.807, 2.05) is 26.0 Å². The first-order valence-electron chi connectivity index (χ1n) is 11.0. The fraction of sp³-hybridized carbons (Fsp3) is 0.667. The zero-order valence-corrected chi connectivity index (χ0v) is 17.7. The van der Waals surface area contributed by atoms with Gasteiger partial charge in [-0.15, -0.1) is 0 Å². The first-order valence-corrected chi connectivity index (χ1v) is 11.0. The highest BCUT2D eigenvalue weighted by Crippen LogP contribution is 2.74. The highest BCUT2D eigenvalue weighted by molar-refractivity contribution is 5.65. The first kappa shape index (κ1) is 18.2. The molecule has 5 heteroatoms. The van der Waals surface area contributed by atoms with E-state index in [0.29, 0.717) is 12.5 Å². The number of hydrogen-bond acceptors (Lipinski definition) is 5. The van der Waals surface area contributed by atoms with E-state index in [1.54, 1.807) is 7.11 Å². The molecule has 5 nitrogen and oxygen atoms in total. The van der Waals surface area contributed by atoms with E-state index in [2.05, 4.69) is 24.1 Å². The van der Waals surface area contributed by atoms with Crippen molar-refractivity contribution in [2.24, 2.45) is 11.3 Å². The van der Waals surface area contributed by atoms with Crippen molar-refractivity contribution in [1.29, 1.82) is 0 Å². The van der Waals surface area contributed by atoms with Gasteiger partial charge in [-0.25, -0.2) is 0 Å². The maximum Gasteiger partial charge on any atom is 0.166 e. The summed E-state index contributed by atoms with van der Waals surface area (Å²) in [6.07, 6.45) is 7.18. The number of hydrogen-bond donors (Lipinski definition) is 2. The van der Waals surface area contributed by atoms with Gasteiger partial charge >= 0.3 is 0 Å². The van der Waals surface area contributed by atoms with Crippen LogP contribution in [0.3, 0.4) is 0 Å². The highest BCUT2D eigenvalue weighted by Gasteiger charge is 2.79. The molecule has 156 valence electrons. The summed E-state index contributed by atoms with van der Waals surface area (Å²) in [4.78, 5) is 2.49. The molecule has 6 aliphatic rings. The molecule has 0 unspecified atom stereocenters. The number of ether oxygens (including phenoxy) is 2. The number of fused-ring (bicyclic) bond motifs is 1. The lowest BCUT2D eigenvalue weighted by Crippen LogP contribution is -2.80. The Morgan fingerprint density at radius 2 is 2.14 bits per heavy atom. The third kappa shape index (κ3) is 1.73. The molecule has 4 bridgehead atoms. The summed E-state index contributed by atoms with van der Waals surface area (Å²) >= 11 is 0. The predicted molar refractivity (Wildman–Crippen MR) is 109 cm³/mol. The van der Waals surface area contributed by atoms with Crippen LogP contribution in [0.4, 0.5) is 0 Å². The van der Waals surface area contributed by atoms with E-state index in [0.717, 1.165) is 37.3 Å². The molecule has 0 aromatic heterocycles. The molecule has 2 spiro atoms. The van der Waals surface area contributed by atoms with Gasteiger partial charge < -0.3 is 24.6 Å². The van der Waals surface area contributed by atoms with Crippen molar-refractivity contribution in [3.63, 3.8) is 0 Å². The van der Waals surface area contributed by atoms with Gasteiger partial charge in [-0.05, 0) is 57.8 Å². The molecule has 29 heavy (non-hydrogen) atoms. The SMILES string of the molecule is CC[C@](C)(O)[C@H]1C[C@@]23C=C[C@]1(O)[C@@H]1Oc4c(OC)ccc5c4[C@@]12CCN(C)[C@@H]3C5. The highest BCUT2D eigenvalue weighted by atomic mass is 16.5. The lowest BCUT2D eigenvalue weighted by Gasteiger charge is -2.71. The Bertz CT molecular complexity index is 941. The molecular weight excluding hydrogens is 366 g/mol. The molecule has 0 radical (unpaired) electrons. The summed E-state index contributed by atoms with van der Waals surface area (Å²) in [6.45, 7) is 4.87. The van der Waals surface area contributed by atoms with E-state index in [9.17, 15) is 10.2 Å². The zero-order valence-electron chi connectivity index (χ0n) is 17.7. The quantitative estimate of drug-likeness (QED) is 0.767. The topological polar surface area (TPSA) is 62.2 Å². The van der Waals surface area contributed by atoms with Crippen LogP contribution in [0.5, 0.6) is 11.5 Å². The summed E-state index contributed by atoms with van der Waals surface area (Å²) in [6, 6.07) is 4.54. The lowest BCUT2D eigenvalue weighted by molar-refractivity contribution is -0.237. The maximum absolute atomic E-state index is 12.1. The van der Waals surface area contributed by atoms with E-state index in [-0.39, 0.29) is 16.7 Å². The third-order valence-electron chi connectivity index (χ3n) is 9.42. The third-order valence-corrected chi connectivity index (χ3v) is 9.42. The van der Waals surface area contributed by atoms with Crippen LogP contribution in [-0.2, 0) is 11.8 Å². The van der Waals surface area contributed by atoms with E-state index in [1.165, 1.54) is 11.1 Å². The summed E-state index contributed by atoms with van der Waals surface area (Å²) in [5.74, 6) is 1.31. The molecule has 2 fully saturated rings. The second kappa shape index (κ2) is 5.19. The Labute approximate surface area is 172 Å². The molecule has 1 saturated carbocycles. The maximum atomic E-state index is 12.1. The summed E-state index contributed by atoms with van der Waals surface area (Å²) in [5, 5.41) is 23.5. The summed E-state index contributed by atoms with van der Waals surface area (Å²) in [5.41, 5.74) is 0.0382. The van der Waals surface area contributed by atoms with Crippen LogP contribution in [0.1, 0.15) is 44.2 Å². The minimum Gasteiger partial charge on any atom is -0.493 e. The fourth-order valence-corrected chi connectivity index (χ4v) is 7.87. The van der Waals surface area contributed by atoms with Crippen molar-refractivity contribution in [3.8, 4) is 11.5 Å². The standard InChI is InChI=1S/C24H31NO4/c1-5-21(2,26)16-13-22-8-9-24(16,27)20-23(22)10-11-25(3)17(22)12-14-6-7-15(28-4)19(29-20)18(14)23/h6-9,16-17,20,26-27H,5,10-13H2,1-4H3/t16-,17-,20-,21+,22-,23+,24-/m1/s1. The van der Waals surface area contributed by atoms with Crippen molar-refractivity contribution >= 4 is 0 Å². The molecule has 1 aromatic rings. The van der Waals surface area contributed by atoms with Crippen molar-refractivity contribution in [1.82, 2.24) is 4.90 Å². The Kier molecular flexibility index (Phi) is 3.26. The largest absolute Gasteiger partial charge is 0.493 e. The molecule has 1 aromatic carbocycles. The van der Waals surface area contributed by atoms with Gasteiger partial charge in [0.2, 0.25) is 0 Å². The van der Waals surface area contributed by atoms with Crippen LogP contribution < -0.4 is 9.47 Å². The minimum atomic E-state index is -1.19. The molecule has 2 heterocycles. The monoisotopic (exact) mass is 397 g/mol. The zero-order chi connectivity index (χ0) is 20.4. The van der Waals surface area contributed by atoms with Crippen LogP contribution in [0, 0.1) is 11.3 Å². The molecule has 7 atom stereocenters. The molecule has 1 saturated heterocycles. The number of aliphatic hydroxyl groups is 2. The number of benzene rings is 1. The summed E-state index contributed by atoms with van der Waals surface area (Å²) < 4.78 is 12.4. The van der Waals surface area contributed by atoms with E-state index < -0.39 is 17.3 Å². The number of likely N-dealkylation sites (N-methyl/N-ethyl adjacent to an activating group) is 1. The van der Waals surface area contributed by atoms with Crippen LogP contribution >= 0.6 is 0 Å². The van der Waals surface area contributed by atoms with Crippen LogP contribution in [0.2, 0.25) is 0 Å². The molecule has 4 aliphatic carbocycles.